The Morgan fingerprint density at radius 3 is 2.93 bits per heavy atom. The average Bonchev–Trinajstić information content (AvgIpc) is 2.74. The predicted molar refractivity (Wildman–Crippen MR) is 59.4 cm³/mol. The van der Waals surface area contributed by atoms with Crippen molar-refractivity contribution in [1.29, 1.82) is 0 Å². The van der Waals surface area contributed by atoms with Gasteiger partial charge in [0.1, 0.15) is 5.75 Å². The number of rotatable bonds is 3. The molecule has 0 saturated carbocycles. The Morgan fingerprint density at radius 2 is 2.33 bits per heavy atom. The molecule has 1 aliphatic heterocycles. The first-order valence-corrected chi connectivity index (χ1v) is 5.41. The summed E-state index contributed by atoms with van der Waals surface area (Å²) in [6.07, 6.45) is 1.04. The Balaban J connectivity index is 2.20. The number of azo groups is 1. The summed E-state index contributed by atoms with van der Waals surface area (Å²) in [5.74, 6) is 0.969. The zero-order valence-electron chi connectivity index (χ0n) is 9.23. The number of hydrogen-bond acceptors (Lipinski definition) is 3. The van der Waals surface area contributed by atoms with Crippen molar-refractivity contribution in [1.82, 2.24) is 0 Å². The van der Waals surface area contributed by atoms with Crippen LogP contribution in [0.25, 0.3) is 0 Å². The summed E-state index contributed by atoms with van der Waals surface area (Å²) < 4.78 is 5.50. The lowest BCUT2D eigenvalue weighted by molar-refractivity contribution is 0.337. The van der Waals surface area contributed by atoms with Crippen molar-refractivity contribution in [2.24, 2.45) is 10.2 Å². The summed E-state index contributed by atoms with van der Waals surface area (Å²) in [7, 11) is 0. The van der Waals surface area contributed by atoms with Crippen LogP contribution in [0.15, 0.2) is 28.4 Å². The Hall–Kier alpha value is -1.38. The first-order chi connectivity index (χ1) is 7.31. The SMILES string of the molecule is CCOc1ccc(C2CCN=N2)cc1C. The van der Waals surface area contributed by atoms with Crippen molar-refractivity contribution in [3.8, 4) is 5.75 Å². The molecule has 1 atom stereocenters. The van der Waals surface area contributed by atoms with Crippen LogP contribution in [-0.2, 0) is 0 Å². The van der Waals surface area contributed by atoms with Crippen LogP contribution in [0.1, 0.15) is 30.5 Å². The van der Waals surface area contributed by atoms with Gasteiger partial charge in [-0.3, -0.25) is 0 Å². The van der Waals surface area contributed by atoms with E-state index in [4.69, 9.17) is 4.74 Å². The van der Waals surface area contributed by atoms with E-state index in [0.29, 0.717) is 6.61 Å². The predicted octanol–water partition coefficient (Wildman–Crippen LogP) is 3.29. The molecule has 0 spiro atoms. The molecule has 0 amide bonds. The van der Waals surface area contributed by atoms with Gasteiger partial charge in [-0.1, -0.05) is 12.1 Å². The van der Waals surface area contributed by atoms with Crippen LogP contribution >= 0.6 is 0 Å². The maximum Gasteiger partial charge on any atom is 0.122 e. The summed E-state index contributed by atoms with van der Waals surface area (Å²) in [6.45, 7) is 5.64. The Morgan fingerprint density at radius 1 is 1.47 bits per heavy atom. The van der Waals surface area contributed by atoms with Crippen LogP contribution in [0, 0.1) is 6.92 Å². The van der Waals surface area contributed by atoms with Crippen molar-refractivity contribution < 1.29 is 4.74 Å². The fourth-order valence-electron chi connectivity index (χ4n) is 1.82. The standard InChI is InChI=1S/C12H16N2O/c1-3-15-12-5-4-10(8-9(12)2)11-6-7-13-14-11/h4-5,8,11H,3,6-7H2,1-2H3. The zero-order chi connectivity index (χ0) is 10.7. The highest BCUT2D eigenvalue weighted by Crippen LogP contribution is 2.29. The normalized spacial score (nSPS) is 19.5. The quantitative estimate of drug-likeness (QED) is 0.743. The lowest BCUT2D eigenvalue weighted by atomic mass is 10.0. The van der Waals surface area contributed by atoms with Gasteiger partial charge in [0.2, 0.25) is 0 Å². The minimum absolute atomic E-state index is 0.263. The molecular formula is C12H16N2O. The molecular weight excluding hydrogens is 188 g/mol. The van der Waals surface area contributed by atoms with Crippen LogP contribution in [-0.4, -0.2) is 13.2 Å². The van der Waals surface area contributed by atoms with E-state index < -0.39 is 0 Å². The molecule has 0 saturated heterocycles. The number of benzene rings is 1. The summed E-state index contributed by atoms with van der Waals surface area (Å²) >= 11 is 0. The number of ether oxygens (including phenoxy) is 1. The Labute approximate surface area is 90.2 Å². The molecule has 0 radical (unpaired) electrons. The number of nitrogens with zero attached hydrogens (tertiary/aromatic N) is 2. The highest BCUT2D eigenvalue weighted by molar-refractivity contribution is 5.37. The maximum absolute atomic E-state index is 5.50. The van der Waals surface area contributed by atoms with Gasteiger partial charge in [0.05, 0.1) is 19.2 Å². The largest absolute Gasteiger partial charge is 0.494 e. The van der Waals surface area contributed by atoms with Crippen LogP contribution < -0.4 is 4.74 Å². The lowest BCUT2D eigenvalue weighted by Crippen LogP contribution is -1.97. The van der Waals surface area contributed by atoms with Gasteiger partial charge in [0.15, 0.2) is 0 Å². The molecule has 0 bridgehead atoms. The van der Waals surface area contributed by atoms with E-state index in [1.807, 2.05) is 13.0 Å². The van der Waals surface area contributed by atoms with Crippen LogP contribution in [0.5, 0.6) is 5.75 Å². The fourth-order valence-corrected chi connectivity index (χ4v) is 1.82. The first-order valence-electron chi connectivity index (χ1n) is 5.41. The highest BCUT2D eigenvalue weighted by atomic mass is 16.5. The highest BCUT2D eigenvalue weighted by Gasteiger charge is 2.15. The third kappa shape index (κ3) is 2.17. The molecule has 3 nitrogen and oxygen atoms in total. The summed E-state index contributed by atoms with van der Waals surface area (Å²) in [6, 6.07) is 6.54. The third-order valence-electron chi connectivity index (χ3n) is 2.61. The Kier molecular flexibility index (Phi) is 2.99. The van der Waals surface area contributed by atoms with Gasteiger partial charge < -0.3 is 4.74 Å². The van der Waals surface area contributed by atoms with Crippen molar-refractivity contribution in [3.05, 3.63) is 29.3 Å². The van der Waals surface area contributed by atoms with E-state index in [1.54, 1.807) is 0 Å². The smallest absolute Gasteiger partial charge is 0.122 e. The summed E-state index contributed by atoms with van der Waals surface area (Å²) in [5.41, 5.74) is 2.42. The molecule has 1 aliphatic rings. The molecule has 0 fully saturated rings. The second-order valence-electron chi connectivity index (χ2n) is 3.74. The summed E-state index contributed by atoms with van der Waals surface area (Å²) in [4.78, 5) is 0. The van der Waals surface area contributed by atoms with Gasteiger partial charge in [-0.05, 0) is 37.5 Å². The number of hydrogen-bond donors (Lipinski definition) is 0. The molecule has 1 unspecified atom stereocenters. The molecule has 3 heteroatoms. The molecule has 0 aliphatic carbocycles. The van der Waals surface area contributed by atoms with Crippen molar-refractivity contribution in [3.63, 3.8) is 0 Å². The molecule has 80 valence electrons. The van der Waals surface area contributed by atoms with Gasteiger partial charge in [-0.25, -0.2) is 0 Å². The average molecular weight is 204 g/mol. The second kappa shape index (κ2) is 4.43. The second-order valence-corrected chi connectivity index (χ2v) is 3.74. The van der Waals surface area contributed by atoms with Crippen LogP contribution in [0.2, 0.25) is 0 Å². The van der Waals surface area contributed by atoms with E-state index in [2.05, 4.69) is 29.3 Å². The molecule has 1 heterocycles. The van der Waals surface area contributed by atoms with E-state index in [9.17, 15) is 0 Å². The topological polar surface area (TPSA) is 34.0 Å². The summed E-state index contributed by atoms with van der Waals surface area (Å²) in [5, 5.41) is 8.23. The minimum atomic E-state index is 0.263. The van der Waals surface area contributed by atoms with Gasteiger partial charge in [0, 0.05) is 0 Å². The lowest BCUT2D eigenvalue weighted by Gasteiger charge is -2.10. The maximum atomic E-state index is 5.50. The Bertz CT molecular complexity index is 374. The first kappa shape index (κ1) is 10.1. The zero-order valence-corrected chi connectivity index (χ0v) is 9.23. The molecule has 0 aromatic heterocycles. The fraction of sp³-hybridized carbons (Fsp3) is 0.500. The van der Waals surface area contributed by atoms with Gasteiger partial charge in [0.25, 0.3) is 0 Å². The van der Waals surface area contributed by atoms with E-state index in [0.717, 1.165) is 18.7 Å². The molecule has 1 aromatic carbocycles. The van der Waals surface area contributed by atoms with Gasteiger partial charge >= 0.3 is 0 Å². The van der Waals surface area contributed by atoms with Crippen LogP contribution in [0.3, 0.4) is 0 Å². The van der Waals surface area contributed by atoms with Crippen LogP contribution in [0.4, 0.5) is 0 Å². The van der Waals surface area contributed by atoms with Crippen molar-refractivity contribution in [2.75, 3.05) is 13.2 Å². The van der Waals surface area contributed by atoms with Crippen molar-refractivity contribution >= 4 is 0 Å². The van der Waals surface area contributed by atoms with Crippen molar-refractivity contribution in [2.45, 2.75) is 26.3 Å². The van der Waals surface area contributed by atoms with Gasteiger partial charge in [-0.2, -0.15) is 10.2 Å². The van der Waals surface area contributed by atoms with E-state index >= 15 is 0 Å². The minimum Gasteiger partial charge on any atom is -0.494 e. The van der Waals surface area contributed by atoms with Gasteiger partial charge in [-0.15, -0.1) is 0 Å². The molecule has 15 heavy (non-hydrogen) atoms. The van der Waals surface area contributed by atoms with E-state index in [-0.39, 0.29) is 6.04 Å². The molecule has 1 aromatic rings. The monoisotopic (exact) mass is 204 g/mol. The third-order valence-corrected chi connectivity index (χ3v) is 2.61. The molecule has 2 rings (SSSR count). The van der Waals surface area contributed by atoms with E-state index in [1.165, 1.54) is 11.1 Å². The molecule has 0 N–H and O–H groups in total. The number of aryl methyl sites for hydroxylation is 1.